The van der Waals surface area contributed by atoms with Crippen LogP contribution in [-0.4, -0.2) is 12.2 Å². The van der Waals surface area contributed by atoms with E-state index in [1.54, 1.807) is 6.07 Å². The predicted octanol–water partition coefficient (Wildman–Crippen LogP) is 2.41. The molecule has 0 saturated carbocycles. The van der Waals surface area contributed by atoms with Crippen LogP contribution in [0.15, 0.2) is 6.07 Å². The lowest BCUT2D eigenvalue weighted by atomic mass is 10.1. The Labute approximate surface area is 122 Å². The van der Waals surface area contributed by atoms with Gasteiger partial charge >= 0.3 is 0 Å². The third kappa shape index (κ3) is 2.38. The van der Waals surface area contributed by atoms with Crippen LogP contribution in [0.3, 0.4) is 0 Å². The summed E-state index contributed by atoms with van der Waals surface area (Å²) in [5.41, 5.74) is 6.18. The summed E-state index contributed by atoms with van der Waals surface area (Å²) in [7, 11) is 0. The van der Waals surface area contributed by atoms with E-state index >= 15 is 0 Å². The van der Waals surface area contributed by atoms with Crippen LogP contribution in [0.25, 0.3) is 0 Å². The summed E-state index contributed by atoms with van der Waals surface area (Å²) >= 11 is 6.06. The van der Waals surface area contributed by atoms with Crippen LogP contribution in [0.4, 0.5) is 0 Å². The van der Waals surface area contributed by atoms with Crippen LogP contribution in [0.1, 0.15) is 20.7 Å². The highest BCUT2D eigenvalue weighted by molar-refractivity contribution is 14.1. The first-order chi connectivity index (χ1) is 6.49. The van der Waals surface area contributed by atoms with Crippen molar-refractivity contribution in [3.8, 4) is 0 Å². The molecule has 2 N–H and O–H groups in total. The lowest BCUT2D eigenvalue weighted by Gasteiger charge is -2.07. The van der Waals surface area contributed by atoms with Crippen LogP contribution >= 0.6 is 67.8 Å². The molecule has 0 fully saturated rings. The summed E-state index contributed by atoms with van der Waals surface area (Å²) in [5.74, 6) is -0.502. The highest BCUT2D eigenvalue weighted by atomic mass is 127. The van der Waals surface area contributed by atoms with E-state index < -0.39 is 5.91 Å². The molecule has 0 radical (unpaired) electrons. The van der Waals surface area contributed by atoms with Gasteiger partial charge in [0.15, 0.2) is 6.29 Å². The molecule has 0 saturated heterocycles. The van der Waals surface area contributed by atoms with Crippen molar-refractivity contribution in [2.75, 3.05) is 0 Å². The molecular weight excluding hydrogens is 523 g/mol. The summed E-state index contributed by atoms with van der Waals surface area (Å²) in [6.07, 6.45) is 0.742. The molecule has 1 amide bonds. The zero-order valence-electron chi connectivity index (χ0n) is 6.68. The van der Waals surface area contributed by atoms with E-state index in [-0.39, 0.29) is 0 Å². The van der Waals surface area contributed by atoms with E-state index in [4.69, 9.17) is 5.73 Å². The second kappa shape index (κ2) is 5.05. The Hall–Kier alpha value is 0.550. The first kappa shape index (κ1) is 12.6. The molecule has 1 aromatic rings. The number of nitrogens with two attached hydrogens (primary N) is 1. The largest absolute Gasteiger partial charge is 0.366 e. The summed E-state index contributed by atoms with van der Waals surface area (Å²) < 4.78 is 2.23. The number of hydrogen-bond donors (Lipinski definition) is 1. The Morgan fingerprint density at radius 2 is 1.86 bits per heavy atom. The summed E-state index contributed by atoms with van der Waals surface area (Å²) in [5, 5.41) is 0. The van der Waals surface area contributed by atoms with Crippen LogP contribution in [-0.2, 0) is 0 Å². The quantitative estimate of drug-likeness (QED) is 0.475. The monoisotopic (exact) mass is 527 g/mol. The fraction of sp³-hybridized carbons (Fsp3) is 0. The Morgan fingerprint density at radius 3 is 2.29 bits per heavy atom. The molecule has 14 heavy (non-hydrogen) atoms. The van der Waals surface area contributed by atoms with Crippen molar-refractivity contribution in [1.29, 1.82) is 0 Å². The minimum Gasteiger partial charge on any atom is -0.366 e. The van der Waals surface area contributed by atoms with Crippen molar-refractivity contribution >= 4 is 80.0 Å². The molecule has 74 valence electrons. The third-order valence-electron chi connectivity index (χ3n) is 1.57. The van der Waals surface area contributed by atoms with Gasteiger partial charge in [0.1, 0.15) is 0 Å². The molecule has 0 atom stereocenters. The SMILES string of the molecule is NC(=O)c1c(I)cc(I)c(C=O)c1I. The Balaban J connectivity index is 3.60. The van der Waals surface area contributed by atoms with Gasteiger partial charge in [0, 0.05) is 16.3 Å². The number of carbonyl (C=O) groups is 2. The average molecular weight is 527 g/mol. The van der Waals surface area contributed by atoms with Gasteiger partial charge in [-0.15, -0.1) is 0 Å². The standard InChI is InChI=1S/C8H4I3NO2/c9-4-1-5(10)6(8(12)14)7(11)3(4)2-13/h1-2H,(H2,12,14). The molecule has 3 nitrogen and oxygen atoms in total. The van der Waals surface area contributed by atoms with Crippen LogP contribution in [0.5, 0.6) is 0 Å². The third-order valence-corrected chi connectivity index (χ3v) is 4.43. The fourth-order valence-corrected chi connectivity index (χ4v) is 5.10. The minimum absolute atomic E-state index is 0.425. The first-order valence-electron chi connectivity index (χ1n) is 3.41. The van der Waals surface area contributed by atoms with E-state index in [9.17, 15) is 9.59 Å². The Kier molecular flexibility index (Phi) is 4.56. The number of carbonyl (C=O) groups excluding carboxylic acids is 2. The maximum absolute atomic E-state index is 11.1. The van der Waals surface area contributed by atoms with E-state index in [0.29, 0.717) is 14.7 Å². The van der Waals surface area contributed by atoms with Gasteiger partial charge in [0.25, 0.3) is 5.91 Å². The zero-order chi connectivity index (χ0) is 10.9. The van der Waals surface area contributed by atoms with Crippen molar-refractivity contribution in [2.24, 2.45) is 5.73 Å². The normalized spacial score (nSPS) is 9.93. The van der Waals surface area contributed by atoms with Crippen molar-refractivity contribution in [3.63, 3.8) is 0 Å². The highest BCUT2D eigenvalue weighted by Crippen LogP contribution is 2.26. The zero-order valence-corrected chi connectivity index (χ0v) is 13.2. The number of amides is 1. The smallest absolute Gasteiger partial charge is 0.250 e. The van der Waals surface area contributed by atoms with Gasteiger partial charge in [0.2, 0.25) is 0 Å². The van der Waals surface area contributed by atoms with Gasteiger partial charge in [0.05, 0.1) is 5.56 Å². The molecule has 1 aromatic carbocycles. The molecule has 0 unspecified atom stereocenters. The molecular formula is C8H4I3NO2. The molecule has 0 aliphatic carbocycles. The maximum atomic E-state index is 11.1. The lowest BCUT2D eigenvalue weighted by Crippen LogP contribution is -2.16. The van der Waals surface area contributed by atoms with E-state index in [0.717, 1.165) is 13.4 Å². The second-order valence-electron chi connectivity index (χ2n) is 2.42. The number of hydrogen-bond acceptors (Lipinski definition) is 2. The number of halogens is 3. The number of aldehydes is 1. The van der Waals surface area contributed by atoms with Gasteiger partial charge in [-0.3, -0.25) is 9.59 Å². The molecule has 1 rings (SSSR count). The summed E-state index contributed by atoms with van der Waals surface area (Å²) in [4.78, 5) is 21.9. The molecule has 0 aliphatic rings. The molecule has 0 aliphatic heterocycles. The molecule has 0 bridgehead atoms. The van der Waals surface area contributed by atoms with Crippen molar-refractivity contribution in [1.82, 2.24) is 0 Å². The lowest BCUT2D eigenvalue weighted by molar-refractivity contribution is 0.0998. The average Bonchev–Trinajstić information content (AvgIpc) is 2.02. The van der Waals surface area contributed by atoms with E-state index in [1.807, 2.05) is 45.2 Å². The molecule has 6 heteroatoms. The van der Waals surface area contributed by atoms with Gasteiger partial charge in [-0.1, -0.05) is 0 Å². The van der Waals surface area contributed by atoms with E-state index in [2.05, 4.69) is 22.6 Å². The topological polar surface area (TPSA) is 60.2 Å². The van der Waals surface area contributed by atoms with Crippen molar-refractivity contribution in [2.45, 2.75) is 0 Å². The summed E-state index contributed by atoms with van der Waals surface area (Å²) in [6.45, 7) is 0. The predicted molar refractivity (Wildman–Crippen MR) is 78.5 cm³/mol. The van der Waals surface area contributed by atoms with Gasteiger partial charge < -0.3 is 5.73 Å². The highest BCUT2D eigenvalue weighted by Gasteiger charge is 2.16. The van der Waals surface area contributed by atoms with Crippen LogP contribution in [0.2, 0.25) is 0 Å². The van der Waals surface area contributed by atoms with Gasteiger partial charge in [-0.05, 0) is 73.8 Å². The van der Waals surface area contributed by atoms with Crippen molar-refractivity contribution in [3.05, 3.63) is 27.9 Å². The second-order valence-corrected chi connectivity index (χ2v) is 5.83. The minimum atomic E-state index is -0.502. The molecule has 0 aromatic heterocycles. The Bertz CT molecular complexity index is 418. The van der Waals surface area contributed by atoms with Crippen LogP contribution in [0, 0.1) is 10.7 Å². The number of benzene rings is 1. The van der Waals surface area contributed by atoms with Crippen molar-refractivity contribution < 1.29 is 9.59 Å². The van der Waals surface area contributed by atoms with Crippen LogP contribution < -0.4 is 5.73 Å². The number of rotatable bonds is 2. The Morgan fingerprint density at radius 1 is 1.29 bits per heavy atom. The van der Waals surface area contributed by atoms with Gasteiger partial charge in [-0.2, -0.15) is 0 Å². The maximum Gasteiger partial charge on any atom is 0.250 e. The molecule has 0 heterocycles. The van der Waals surface area contributed by atoms with E-state index in [1.165, 1.54) is 0 Å². The number of primary amides is 1. The molecule has 0 spiro atoms. The van der Waals surface area contributed by atoms with Gasteiger partial charge in [-0.25, -0.2) is 0 Å². The fourth-order valence-electron chi connectivity index (χ4n) is 0.939. The first-order valence-corrected chi connectivity index (χ1v) is 6.65. The summed E-state index contributed by atoms with van der Waals surface area (Å²) in [6, 6.07) is 1.77.